The van der Waals surface area contributed by atoms with Crippen LogP contribution < -0.4 is 5.32 Å². The molecule has 0 amide bonds. The van der Waals surface area contributed by atoms with E-state index in [0.29, 0.717) is 25.9 Å². The molecule has 2 rings (SSSR count). The molecular weight excluding hydrogens is 388 g/mol. The number of hydrogen-bond acceptors (Lipinski definition) is 3. The van der Waals surface area contributed by atoms with E-state index in [0.717, 1.165) is 0 Å². The summed E-state index contributed by atoms with van der Waals surface area (Å²) in [6.45, 7) is 0. The Morgan fingerprint density at radius 2 is 1.90 bits per heavy atom. The lowest BCUT2D eigenvalue weighted by molar-refractivity contribution is 0.0697. The highest BCUT2D eigenvalue weighted by Gasteiger charge is 2.10. The van der Waals surface area contributed by atoms with Gasteiger partial charge >= 0.3 is 5.97 Å². The van der Waals surface area contributed by atoms with Crippen LogP contribution in [0.25, 0.3) is 0 Å². The van der Waals surface area contributed by atoms with Crippen molar-refractivity contribution < 1.29 is 9.90 Å². The normalized spacial score (nSPS) is 9.85. The van der Waals surface area contributed by atoms with Crippen molar-refractivity contribution >= 4 is 49.2 Å². The number of aromatic carboxylic acids is 1. The van der Waals surface area contributed by atoms with E-state index in [4.69, 9.17) is 10.4 Å². The summed E-state index contributed by atoms with van der Waals surface area (Å²) in [6, 6.07) is 12.1. The van der Waals surface area contributed by atoms with Crippen molar-refractivity contribution in [3.63, 3.8) is 0 Å². The van der Waals surface area contributed by atoms with Gasteiger partial charge in [0.15, 0.2) is 0 Å². The van der Waals surface area contributed by atoms with Crippen LogP contribution in [0.4, 0.5) is 11.4 Å². The van der Waals surface area contributed by atoms with Crippen LogP contribution in [-0.4, -0.2) is 11.1 Å². The van der Waals surface area contributed by atoms with Gasteiger partial charge in [0, 0.05) is 8.95 Å². The maximum atomic E-state index is 10.9. The summed E-state index contributed by atoms with van der Waals surface area (Å²) in [6.07, 6.45) is 0. The standard InChI is InChI=1S/C14H8Br2N2O2/c15-10-2-1-3-12(9(10)7-17)18-13-5-4-8(14(19)20)6-11(13)16/h1-6,18H,(H,19,20). The fraction of sp³-hybridized carbons (Fsp3) is 0. The molecule has 2 aromatic carbocycles. The Morgan fingerprint density at radius 1 is 1.15 bits per heavy atom. The smallest absolute Gasteiger partial charge is 0.335 e. The fourth-order valence-corrected chi connectivity index (χ4v) is 2.57. The lowest BCUT2D eigenvalue weighted by atomic mass is 10.1. The third-order valence-corrected chi connectivity index (χ3v) is 3.93. The zero-order chi connectivity index (χ0) is 14.7. The van der Waals surface area contributed by atoms with Gasteiger partial charge in [0.2, 0.25) is 0 Å². The molecule has 0 heterocycles. The fourth-order valence-electron chi connectivity index (χ4n) is 1.64. The Hall–Kier alpha value is -1.84. The van der Waals surface area contributed by atoms with Gasteiger partial charge in [0.1, 0.15) is 6.07 Å². The molecule has 6 heteroatoms. The molecule has 0 bridgehead atoms. The SMILES string of the molecule is N#Cc1c(Br)cccc1Nc1ccc(C(=O)O)cc1Br. The second kappa shape index (κ2) is 6.07. The Labute approximate surface area is 132 Å². The summed E-state index contributed by atoms with van der Waals surface area (Å²) in [5.41, 5.74) is 2.01. The summed E-state index contributed by atoms with van der Waals surface area (Å²) in [7, 11) is 0. The summed E-state index contributed by atoms with van der Waals surface area (Å²) in [5.74, 6) is -0.989. The minimum Gasteiger partial charge on any atom is -0.478 e. The number of anilines is 2. The largest absolute Gasteiger partial charge is 0.478 e. The Bertz CT molecular complexity index is 724. The highest BCUT2D eigenvalue weighted by atomic mass is 79.9. The molecule has 0 fully saturated rings. The molecule has 0 radical (unpaired) electrons. The van der Waals surface area contributed by atoms with Gasteiger partial charge in [0.05, 0.1) is 22.5 Å². The van der Waals surface area contributed by atoms with Gasteiger partial charge in [-0.25, -0.2) is 4.79 Å². The zero-order valence-electron chi connectivity index (χ0n) is 10.0. The van der Waals surface area contributed by atoms with Gasteiger partial charge in [-0.15, -0.1) is 0 Å². The van der Waals surface area contributed by atoms with E-state index in [1.54, 1.807) is 18.2 Å². The number of carboxylic acid groups (broad SMARTS) is 1. The van der Waals surface area contributed by atoms with Crippen LogP contribution in [0.5, 0.6) is 0 Å². The van der Waals surface area contributed by atoms with Gasteiger partial charge in [-0.1, -0.05) is 6.07 Å². The first-order chi connectivity index (χ1) is 9.52. The number of nitriles is 1. The van der Waals surface area contributed by atoms with E-state index in [9.17, 15) is 4.79 Å². The lowest BCUT2D eigenvalue weighted by Crippen LogP contribution is -1.99. The van der Waals surface area contributed by atoms with Crippen molar-refractivity contribution in [1.29, 1.82) is 5.26 Å². The van der Waals surface area contributed by atoms with E-state index in [1.807, 2.05) is 6.07 Å². The number of carbonyl (C=O) groups is 1. The van der Waals surface area contributed by atoms with Crippen molar-refractivity contribution in [3.8, 4) is 6.07 Å². The number of halogens is 2. The number of nitrogens with one attached hydrogen (secondary N) is 1. The topological polar surface area (TPSA) is 73.1 Å². The molecule has 0 aliphatic rings. The molecule has 2 N–H and O–H groups in total. The predicted octanol–water partition coefficient (Wildman–Crippen LogP) is 4.53. The van der Waals surface area contributed by atoms with Crippen LogP contribution in [0.1, 0.15) is 15.9 Å². The summed E-state index contributed by atoms with van der Waals surface area (Å²) >= 11 is 6.64. The molecule has 0 aliphatic carbocycles. The Balaban J connectivity index is 2.39. The minimum absolute atomic E-state index is 0.192. The van der Waals surface area contributed by atoms with Crippen molar-refractivity contribution in [3.05, 3.63) is 56.5 Å². The van der Waals surface area contributed by atoms with Crippen molar-refractivity contribution in [1.82, 2.24) is 0 Å². The zero-order valence-corrected chi connectivity index (χ0v) is 13.2. The maximum absolute atomic E-state index is 10.9. The van der Waals surface area contributed by atoms with Gasteiger partial charge in [-0.05, 0) is 62.2 Å². The van der Waals surface area contributed by atoms with Gasteiger partial charge in [0.25, 0.3) is 0 Å². The third-order valence-electron chi connectivity index (χ3n) is 2.61. The molecule has 20 heavy (non-hydrogen) atoms. The average Bonchev–Trinajstić information content (AvgIpc) is 2.41. The first-order valence-electron chi connectivity index (χ1n) is 5.51. The molecule has 2 aromatic rings. The first kappa shape index (κ1) is 14.6. The van der Waals surface area contributed by atoms with Crippen LogP contribution >= 0.6 is 31.9 Å². The van der Waals surface area contributed by atoms with Gasteiger partial charge in [-0.3, -0.25) is 0 Å². The molecular formula is C14H8Br2N2O2. The number of carboxylic acids is 1. The van der Waals surface area contributed by atoms with Crippen molar-refractivity contribution in [2.75, 3.05) is 5.32 Å². The maximum Gasteiger partial charge on any atom is 0.335 e. The highest BCUT2D eigenvalue weighted by molar-refractivity contribution is 9.11. The second-order valence-corrected chi connectivity index (χ2v) is 5.61. The number of rotatable bonds is 3. The second-order valence-electron chi connectivity index (χ2n) is 3.90. The molecule has 0 unspecified atom stereocenters. The Kier molecular flexibility index (Phi) is 4.42. The average molecular weight is 396 g/mol. The molecule has 0 aliphatic heterocycles. The van der Waals surface area contributed by atoms with E-state index in [-0.39, 0.29) is 5.56 Å². The van der Waals surface area contributed by atoms with Crippen LogP contribution in [-0.2, 0) is 0 Å². The summed E-state index contributed by atoms with van der Waals surface area (Å²) < 4.78 is 1.31. The minimum atomic E-state index is -0.989. The summed E-state index contributed by atoms with van der Waals surface area (Å²) in [4.78, 5) is 10.9. The van der Waals surface area contributed by atoms with Crippen molar-refractivity contribution in [2.45, 2.75) is 0 Å². The van der Waals surface area contributed by atoms with E-state index in [1.165, 1.54) is 12.1 Å². The molecule has 0 aromatic heterocycles. The molecule has 100 valence electrons. The third kappa shape index (κ3) is 3.00. The van der Waals surface area contributed by atoms with E-state index < -0.39 is 5.97 Å². The monoisotopic (exact) mass is 394 g/mol. The number of hydrogen-bond donors (Lipinski definition) is 2. The molecule has 4 nitrogen and oxygen atoms in total. The quantitative estimate of drug-likeness (QED) is 0.800. The molecule has 0 spiro atoms. The predicted molar refractivity (Wildman–Crippen MR) is 83.2 cm³/mol. The Morgan fingerprint density at radius 3 is 2.50 bits per heavy atom. The summed E-state index contributed by atoms with van der Waals surface area (Å²) in [5, 5.41) is 21.2. The van der Waals surface area contributed by atoms with Gasteiger partial charge < -0.3 is 10.4 Å². The van der Waals surface area contributed by atoms with Crippen molar-refractivity contribution in [2.24, 2.45) is 0 Å². The number of nitrogens with zero attached hydrogens (tertiary/aromatic N) is 1. The van der Waals surface area contributed by atoms with Gasteiger partial charge in [-0.2, -0.15) is 5.26 Å². The highest BCUT2D eigenvalue weighted by Crippen LogP contribution is 2.31. The first-order valence-corrected chi connectivity index (χ1v) is 7.10. The molecule has 0 saturated heterocycles. The van der Waals surface area contributed by atoms with Crippen LogP contribution in [0.15, 0.2) is 45.3 Å². The van der Waals surface area contributed by atoms with E-state index in [2.05, 4.69) is 43.2 Å². The van der Waals surface area contributed by atoms with Crippen LogP contribution in [0.3, 0.4) is 0 Å². The molecule has 0 saturated carbocycles. The van der Waals surface area contributed by atoms with Crippen LogP contribution in [0, 0.1) is 11.3 Å². The van der Waals surface area contributed by atoms with E-state index >= 15 is 0 Å². The number of benzene rings is 2. The lowest BCUT2D eigenvalue weighted by Gasteiger charge is -2.11. The van der Waals surface area contributed by atoms with Crippen LogP contribution in [0.2, 0.25) is 0 Å². The molecule has 0 atom stereocenters.